The molecule has 0 radical (unpaired) electrons. The zero-order valence-electron chi connectivity index (χ0n) is 62.3. The predicted octanol–water partition coefficient (Wildman–Crippen LogP) is 28.8. The first kappa shape index (κ1) is 65.1. The maximum Gasteiger partial charge on any atom is 0.0970 e. The van der Waals surface area contributed by atoms with Crippen LogP contribution in [0.4, 0.5) is 0 Å². The third-order valence-corrected chi connectivity index (χ3v) is 27.2. The van der Waals surface area contributed by atoms with Gasteiger partial charge >= 0.3 is 0 Å². The van der Waals surface area contributed by atoms with E-state index in [2.05, 4.69) is 316 Å². The van der Waals surface area contributed by atoms with Crippen molar-refractivity contribution in [3.63, 3.8) is 0 Å². The molecule has 0 N–H and O–H groups in total. The second-order valence-electron chi connectivity index (χ2n) is 30.9. The Labute approximate surface area is 673 Å². The second kappa shape index (κ2) is 25.5. The molecule has 22 aromatic rings. The molecule has 2 atom stereocenters. The number of para-hydroxylation sites is 2. The molecule has 2 unspecified atom stereocenters. The molecule has 26 rings (SSSR count). The second-order valence-corrected chi connectivity index (χ2v) is 33.0. The van der Waals surface area contributed by atoms with E-state index in [1.807, 2.05) is 71.7 Å². The number of fused-ring (bicyclic) bond motifs is 26. The largest absolute Gasteiger partial charge is 0.254 e. The van der Waals surface area contributed by atoms with Crippen molar-refractivity contribution in [2.24, 2.45) is 11.8 Å². The van der Waals surface area contributed by atoms with Gasteiger partial charge in [0.1, 0.15) is 0 Å². The highest BCUT2D eigenvalue weighted by Crippen LogP contribution is 2.56. The minimum absolute atomic E-state index is 0.222. The Balaban J connectivity index is 0.000000130. The number of hydrogen-bond acceptors (Lipinski definition) is 8. The molecule has 6 nitrogen and oxygen atoms in total. The van der Waals surface area contributed by atoms with Crippen molar-refractivity contribution < 1.29 is 0 Å². The molecule has 0 amide bonds. The highest BCUT2D eigenvalue weighted by molar-refractivity contribution is 7.27. The van der Waals surface area contributed by atoms with Gasteiger partial charge in [0.25, 0.3) is 0 Å². The lowest BCUT2D eigenvalue weighted by atomic mass is 9.61. The van der Waals surface area contributed by atoms with Crippen LogP contribution in [0.15, 0.2) is 387 Å². The van der Waals surface area contributed by atoms with Gasteiger partial charge in [-0.3, -0.25) is 19.9 Å². The first-order valence-corrected chi connectivity index (χ1v) is 41.2. The average molecular weight is 1510 g/mol. The zero-order valence-corrected chi connectivity index (χ0v) is 63.9. The van der Waals surface area contributed by atoms with Crippen LogP contribution in [0, 0.1) is 11.8 Å². The fourth-order valence-corrected chi connectivity index (χ4v) is 22.2. The van der Waals surface area contributed by atoms with Crippen molar-refractivity contribution in [3.8, 4) is 44.8 Å². The third-order valence-electron chi connectivity index (χ3n) is 24.8. The number of nitrogens with zero attached hydrogens (tertiary/aromatic N) is 6. The highest BCUT2D eigenvalue weighted by atomic mass is 32.1. The van der Waals surface area contributed by atoms with Gasteiger partial charge in [0, 0.05) is 142 Å². The van der Waals surface area contributed by atoms with Crippen LogP contribution in [-0.4, -0.2) is 29.9 Å². The van der Waals surface area contributed by atoms with Gasteiger partial charge in [-0.05, 0) is 184 Å². The summed E-state index contributed by atoms with van der Waals surface area (Å²) in [5.41, 5.74) is 25.2. The monoisotopic (exact) mass is 1510 g/mol. The Bertz CT molecular complexity index is 8410. The van der Waals surface area contributed by atoms with Crippen molar-refractivity contribution in [3.05, 3.63) is 398 Å². The van der Waals surface area contributed by atoms with Crippen LogP contribution in [0.25, 0.3) is 216 Å². The number of hydrogen-bond donors (Lipinski definition) is 0. The number of benzene rings is 14. The van der Waals surface area contributed by atoms with E-state index in [1.54, 1.807) is 0 Å². The molecular formula is C108H62N6S2. The molecule has 8 heterocycles. The van der Waals surface area contributed by atoms with E-state index >= 15 is 0 Å². The maximum atomic E-state index is 5.38. The summed E-state index contributed by atoms with van der Waals surface area (Å²) in [6.45, 7) is 0. The van der Waals surface area contributed by atoms with Gasteiger partial charge in [0.05, 0.1) is 44.5 Å². The fraction of sp³-hybridized carbons (Fsp3) is 0.0185. The number of aromatic nitrogens is 6. The first-order chi connectivity index (χ1) is 57.5. The minimum atomic E-state index is 0.222. The Morgan fingerprint density at radius 3 is 1.32 bits per heavy atom. The minimum Gasteiger partial charge on any atom is -0.254 e. The van der Waals surface area contributed by atoms with E-state index in [-0.39, 0.29) is 11.8 Å². The number of thiophene rings is 2. The molecule has 0 spiro atoms. The summed E-state index contributed by atoms with van der Waals surface area (Å²) in [6, 6.07) is 106. The molecule has 4 aliphatic carbocycles. The lowest BCUT2D eigenvalue weighted by Gasteiger charge is -2.42. The van der Waals surface area contributed by atoms with E-state index in [9.17, 15) is 0 Å². The van der Waals surface area contributed by atoms with Gasteiger partial charge in [0.15, 0.2) is 0 Å². The lowest BCUT2D eigenvalue weighted by molar-refractivity contribution is 0.569. The van der Waals surface area contributed by atoms with E-state index in [0.717, 1.165) is 82.7 Å². The quantitative estimate of drug-likeness (QED) is 0.154. The van der Waals surface area contributed by atoms with Crippen molar-refractivity contribution in [1.29, 1.82) is 0 Å². The van der Waals surface area contributed by atoms with E-state index < -0.39 is 0 Å². The molecule has 4 aliphatic rings. The predicted molar refractivity (Wildman–Crippen MR) is 491 cm³/mol. The molecule has 14 aromatic carbocycles. The number of rotatable bonds is 6. The van der Waals surface area contributed by atoms with Crippen molar-refractivity contribution in [1.82, 2.24) is 29.9 Å². The fourth-order valence-electron chi connectivity index (χ4n) is 19.7. The van der Waals surface area contributed by atoms with Crippen LogP contribution in [0.3, 0.4) is 0 Å². The molecular weight excluding hydrogens is 1450 g/mol. The average Bonchev–Trinajstić information content (AvgIpc) is 0.937. The maximum absolute atomic E-state index is 5.38. The van der Waals surface area contributed by atoms with Crippen molar-refractivity contribution in [2.75, 3.05) is 0 Å². The molecule has 0 saturated heterocycles. The van der Waals surface area contributed by atoms with Gasteiger partial charge in [-0.25, -0.2) is 9.97 Å². The van der Waals surface area contributed by atoms with Crippen LogP contribution in [0.1, 0.15) is 11.1 Å². The molecule has 0 aliphatic heterocycles. The van der Waals surface area contributed by atoms with Crippen molar-refractivity contribution >= 4 is 193 Å². The summed E-state index contributed by atoms with van der Waals surface area (Å²) >= 11 is 3.77. The SMILES string of the molecule is C1=CC2=C(c3cccc(-c4nc5ccccc5c5c4ccc4c6ccccc6sc45)c3)C=CC3=CC=C4C(c5cc6cccnc6c6ncccc56)=CC=C1C4C32.c1cc(-c2ccc3c4ccc(-c5cc6cccnc6c6ncccc56)cc4c4ccccc4c3c2)cc(-c2nc3ccccc3c3c2ccc2c4ccccc4sc23)c1. The molecule has 0 bridgehead atoms. The van der Waals surface area contributed by atoms with E-state index in [0.29, 0.717) is 0 Å². The standard InChI is InChI=1S/C55H31N3S.C53H31N3S/c1-2-14-38-37(13-1)47-29-33(20-22-39(47)40-23-21-34(30-48(38)40)46-31-36-12-8-26-56-53(36)54-42(46)17-9-27-57-54)32-10-7-11-35(28-32)52-45-25-24-43-41-15-4-6-19-50(41)59-55(43)51(45)44-16-3-5-18-49(44)58-52;1-3-14-45-42(12-1)49-43(25-24-41-37-11-2-4-15-46(37)57-53(41)49)50(56-45)33-9-5-8-32(28-33)35-20-16-30-19-23-39-36(21-17-31-18-22-38(35)47(30)48(31)39)44-29-34-10-6-26-54-51(34)52-40(44)13-7-27-55-52/h1-31H;1-29,47-48H. The lowest BCUT2D eigenvalue weighted by Crippen LogP contribution is -2.30. The van der Waals surface area contributed by atoms with Gasteiger partial charge in [-0.15, -0.1) is 22.7 Å². The Hall–Kier alpha value is -14.5. The summed E-state index contributed by atoms with van der Waals surface area (Å²) in [5.74, 6) is 0.445. The van der Waals surface area contributed by atoms with Crippen LogP contribution >= 0.6 is 22.7 Å². The number of allylic oxidation sites excluding steroid dienone is 14. The van der Waals surface area contributed by atoms with Crippen molar-refractivity contribution in [2.45, 2.75) is 0 Å². The molecule has 0 fully saturated rings. The molecule has 536 valence electrons. The zero-order chi connectivity index (χ0) is 75.8. The van der Waals surface area contributed by atoms with E-state index in [1.165, 1.54) is 166 Å². The highest BCUT2D eigenvalue weighted by Gasteiger charge is 2.41. The smallest absolute Gasteiger partial charge is 0.0970 e. The van der Waals surface area contributed by atoms with Gasteiger partial charge in [-0.2, -0.15) is 0 Å². The van der Waals surface area contributed by atoms with Gasteiger partial charge < -0.3 is 0 Å². The Morgan fingerprint density at radius 2 is 0.698 bits per heavy atom. The summed E-state index contributed by atoms with van der Waals surface area (Å²) in [5, 5.41) is 24.5. The number of pyridine rings is 6. The first-order valence-electron chi connectivity index (χ1n) is 39.6. The van der Waals surface area contributed by atoms with Crippen LogP contribution in [0.2, 0.25) is 0 Å². The molecule has 8 heteroatoms. The van der Waals surface area contributed by atoms with Crippen LogP contribution < -0.4 is 0 Å². The van der Waals surface area contributed by atoms with Crippen LogP contribution in [0.5, 0.6) is 0 Å². The summed E-state index contributed by atoms with van der Waals surface area (Å²) < 4.78 is 5.27. The normalized spacial score (nSPS) is 15.2. The molecule has 8 aromatic heterocycles. The Morgan fingerprint density at radius 1 is 0.259 bits per heavy atom. The van der Waals surface area contributed by atoms with E-state index in [4.69, 9.17) is 29.9 Å². The topological polar surface area (TPSA) is 77.3 Å². The summed E-state index contributed by atoms with van der Waals surface area (Å²) in [7, 11) is 0. The molecule has 0 saturated carbocycles. The molecule has 116 heavy (non-hydrogen) atoms. The summed E-state index contributed by atoms with van der Waals surface area (Å²) in [4.78, 5) is 29.8. The third kappa shape index (κ3) is 9.88. The summed E-state index contributed by atoms with van der Waals surface area (Å²) in [6.07, 6.45) is 26.2. The Kier molecular flexibility index (Phi) is 14.3. The van der Waals surface area contributed by atoms with Gasteiger partial charge in [-0.1, -0.05) is 255 Å². The van der Waals surface area contributed by atoms with Gasteiger partial charge in [0.2, 0.25) is 0 Å². The van der Waals surface area contributed by atoms with Crippen LogP contribution in [-0.2, 0) is 0 Å².